The topological polar surface area (TPSA) is 157 Å². The Balaban J connectivity index is 1.94. The summed E-state index contributed by atoms with van der Waals surface area (Å²) < 4.78 is 16.6. The van der Waals surface area contributed by atoms with Crippen molar-refractivity contribution in [3.05, 3.63) is 40.5 Å². The molecule has 1 saturated heterocycles. The molecule has 1 fully saturated rings. The molecule has 5 unspecified atom stereocenters. The zero-order valence-electron chi connectivity index (χ0n) is 17.4. The van der Waals surface area contributed by atoms with Crippen LogP contribution in [0.15, 0.2) is 29.3 Å². The van der Waals surface area contributed by atoms with Gasteiger partial charge in [0.2, 0.25) is 5.79 Å². The van der Waals surface area contributed by atoms with Gasteiger partial charge in [-0.25, -0.2) is 0 Å². The molecule has 0 radical (unpaired) electrons. The van der Waals surface area contributed by atoms with E-state index in [2.05, 4.69) is 0 Å². The van der Waals surface area contributed by atoms with Gasteiger partial charge < -0.3 is 29.5 Å². The summed E-state index contributed by atoms with van der Waals surface area (Å²) in [6.07, 6.45) is -4.28. The highest BCUT2D eigenvalue weighted by Crippen LogP contribution is 2.50. The van der Waals surface area contributed by atoms with Crippen molar-refractivity contribution in [2.45, 2.75) is 50.3 Å². The molecule has 0 aromatic heterocycles. The fourth-order valence-electron chi connectivity index (χ4n) is 4.80. The first kappa shape index (κ1) is 22.1. The molecule has 10 nitrogen and oxygen atoms in total. The molecule has 1 aromatic carbocycles. The maximum absolute atomic E-state index is 13.5. The van der Waals surface area contributed by atoms with Gasteiger partial charge in [-0.05, 0) is 19.4 Å². The molecule has 5 atom stereocenters. The van der Waals surface area contributed by atoms with Crippen LogP contribution in [-0.2, 0) is 23.8 Å². The van der Waals surface area contributed by atoms with Crippen molar-refractivity contribution in [1.29, 1.82) is 0 Å². The summed E-state index contributed by atoms with van der Waals surface area (Å²) >= 11 is 0. The number of esters is 1. The molecule has 1 aromatic rings. The van der Waals surface area contributed by atoms with Gasteiger partial charge in [-0.3, -0.25) is 19.2 Å². The molecule has 32 heavy (non-hydrogen) atoms. The molecule has 1 spiro atoms. The number of hydrogen-bond acceptors (Lipinski definition) is 9. The fourth-order valence-corrected chi connectivity index (χ4v) is 4.80. The predicted octanol–water partition coefficient (Wildman–Crippen LogP) is 0.987. The number of methoxy groups -OCH3 is 1. The van der Waals surface area contributed by atoms with Crippen LogP contribution in [0.1, 0.15) is 46.9 Å². The maximum Gasteiger partial charge on any atom is 0.311 e. The Labute approximate surface area is 182 Å². The number of aliphatic hydroxyl groups is 1. The van der Waals surface area contributed by atoms with Gasteiger partial charge >= 0.3 is 11.9 Å². The van der Waals surface area contributed by atoms with E-state index in [0.717, 1.165) is 7.11 Å². The summed E-state index contributed by atoms with van der Waals surface area (Å²) in [5, 5.41) is 30.8. The van der Waals surface area contributed by atoms with Gasteiger partial charge in [-0.1, -0.05) is 12.1 Å². The lowest BCUT2D eigenvalue weighted by atomic mass is 9.72. The number of fused-ring (bicyclic) bond motifs is 2. The number of ether oxygens (including phenoxy) is 3. The van der Waals surface area contributed by atoms with Crippen LogP contribution in [0.3, 0.4) is 0 Å². The molecule has 170 valence electrons. The third kappa shape index (κ3) is 3.22. The first-order valence-electron chi connectivity index (χ1n) is 10.1. The van der Waals surface area contributed by atoms with Crippen molar-refractivity contribution in [1.82, 2.24) is 0 Å². The molecule has 1 aliphatic carbocycles. The number of Topliss-reactive ketones (excluding diaryl/α,β-unsaturated/α-hetero) is 2. The SMILES string of the molecule is COC(=O)C1CC(C)OC2(OC(CC(=O)O)CC3=C2C(=O)c2c(O)cccc2C3=O)C1O. The number of carboxylic acids is 1. The average Bonchev–Trinajstić information content (AvgIpc) is 2.73. The molecule has 2 aliphatic heterocycles. The highest BCUT2D eigenvalue weighted by atomic mass is 16.7. The first-order chi connectivity index (χ1) is 15.1. The van der Waals surface area contributed by atoms with Crippen LogP contribution in [0.25, 0.3) is 0 Å². The van der Waals surface area contributed by atoms with E-state index in [9.17, 15) is 34.5 Å². The zero-order chi connectivity index (χ0) is 23.4. The van der Waals surface area contributed by atoms with Crippen molar-refractivity contribution >= 4 is 23.5 Å². The Morgan fingerprint density at radius 1 is 1.22 bits per heavy atom. The summed E-state index contributed by atoms with van der Waals surface area (Å²) in [6.45, 7) is 1.59. The number of phenolic OH excluding ortho intramolecular Hbond substituents is 1. The number of rotatable bonds is 3. The Kier molecular flexibility index (Phi) is 5.40. The molecular weight excluding hydrogens is 424 g/mol. The molecule has 4 rings (SSSR count). The number of ketones is 2. The van der Waals surface area contributed by atoms with Gasteiger partial charge in [-0.15, -0.1) is 0 Å². The van der Waals surface area contributed by atoms with E-state index in [1.165, 1.54) is 18.2 Å². The number of aliphatic carboxylic acids is 1. The Hall–Kier alpha value is -3.08. The van der Waals surface area contributed by atoms with E-state index >= 15 is 0 Å². The number of carbonyl (C=O) groups is 4. The van der Waals surface area contributed by atoms with Crippen LogP contribution in [0, 0.1) is 5.92 Å². The van der Waals surface area contributed by atoms with Crippen LogP contribution in [0.4, 0.5) is 0 Å². The predicted molar refractivity (Wildman–Crippen MR) is 105 cm³/mol. The second-order valence-electron chi connectivity index (χ2n) is 8.16. The first-order valence-corrected chi connectivity index (χ1v) is 10.1. The van der Waals surface area contributed by atoms with Crippen molar-refractivity contribution in [2.75, 3.05) is 7.11 Å². The van der Waals surface area contributed by atoms with Crippen LogP contribution >= 0.6 is 0 Å². The number of benzene rings is 1. The number of carboxylic acid groups (broad SMARTS) is 1. The van der Waals surface area contributed by atoms with Crippen molar-refractivity contribution < 1.29 is 48.7 Å². The van der Waals surface area contributed by atoms with Crippen LogP contribution in [0.5, 0.6) is 5.75 Å². The minimum absolute atomic E-state index is 0.0391. The van der Waals surface area contributed by atoms with Crippen molar-refractivity contribution in [2.24, 2.45) is 5.92 Å². The Morgan fingerprint density at radius 2 is 1.94 bits per heavy atom. The Morgan fingerprint density at radius 3 is 2.59 bits per heavy atom. The van der Waals surface area contributed by atoms with Gasteiger partial charge in [-0.2, -0.15) is 0 Å². The van der Waals surface area contributed by atoms with Crippen LogP contribution in [-0.4, -0.2) is 70.0 Å². The minimum Gasteiger partial charge on any atom is -0.507 e. The van der Waals surface area contributed by atoms with Crippen LogP contribution < -0.4 is 0 Å². The maximum atomic E-state index is 13.5. The number of hydrogen-bond donors (Lipinski definition) is 3. The molecule has 0 amide bonds. The lowest BCUT2D eigenvalue weighted by Crippen LogP contribution is -2.64. The van der Waals surface area contributed by atoms with Gasteiger partial charge in [0.1, 0.15) is 11.9 Å². The zero-order valence-corrected chi connectivity index (χ0v) is 17.4. The van der Waals surface area contributed by atoms with Gasteiger partial charge in [0.15, 0.2) is 11.6 Å². The molecular formula is C22H22O10. The molecule has 3 N–H and O–H groups in total. The van der Waals surface area contributed by atoms with Crippen LogP contribution in [0.2, 0.25) is 0 Å². The third-order valence-corrected chi connectivity index (χ3v) is 6.08. The lowest BCUT2D eigenvalue weighted by Gasteiger charge is -2.51. The molecule has 0 saturated carbocycles. The minimum atomic E-state index is -2.28. The largest absolute Gasteiger partial charge is 0.507 e. The number of carbonyl (C=O) groups excluding carboxylic acids is 3. The second kappa shape index (κ2) is 7.80. The normalized spacial score (nSPS) is 31.8. The molecule has 0 bridgehead atoms. The molecule has 2 heterocycles. The van der Waals surface area contributed by atoms with E-state index in [1.807, 2.05) is 0 Å². The van der Waals surface area contributed by atoms with E-state index in [0.29, 0.717) is 0 Å². The second-order valence-corrected chi connectivity index (χ2v) is 8.16. The van der Waals surface area contributed by atoms with Gasteiger partial charge in [0.25, 0.3) is 0 Å². The standard InChI is InChI=1S/C22H22O10/c1-9-6-13(21(29)30-2)20(28)22(31-9)17-12(7-10(32-22)8-15(24)25)18(26)11-4-3-5-14(23)16(11)19(17)27/h3-5,9-10,13,20,23,28H,6-8H2,1-2H3,(H,24,25). The highest BCUT2D eigenvalue weighted by molar-refractivity contribution is 6.28. The number of aliphatic hydroxyl groups excluding tert-OH is 1. The average molecular weight is 446 g/mol. The van der Waals surface area contributed by atoms with Crippen molar-refractivity contribution in [3.8, 4) is 5.75 Å². The number of phenols is 1. The fraction of sp³-hybridized carbons (Fsp3) is 0.455. The smallest absolute Gasteiger partial charge is 0.311 e. The molecule has 10 heteroatoms. The van der Waals surface area contributed by atoms with Gasteiger partial charge in [0.05, 0.1) is 42.8 Å². The highest BCUT2D eigenvalue weighted by Gasteiger charge is 2.61. The van der Waals surface area contributed by atoms with E-state index < -0.39 is 65.7 Å². The van der Waals surface area contributed by atoms with Gasteiger partial charge in [0, 0.05) is 17.6 Å². The summed E-state index contributed by atoms with van der Waals surface area (Å²) in [5.41, 5.74) is -0.698. The Bertz CT molecular complexity index is 1060. The monoisotopic (exact) mass is 446 g/mol. The summed E-state index contributed by atoms with van der Waals surface area (Å²) in [7, 11) is 1.14. The van der Waals surface area contributed by atoms with E-state index in [-0.39, 0.29) is 35.1 Å². The van der Waals surface area contributed by atoms with E-state index in [1.54, 1.807) is 6.92 Å². The lowest BCUT2D eigenvalue weighted by molar-refractivity contribution is -0.325. The summed E-state index contributed by atoms with van der Waals surface area (Å²) in [5.74, 6) is -7.25. The summed E-state index contributed by atoms with van der Waals surface area (Å²) in [4.78, 5) is 50.6. The summed E-state index contributed by atoms with van der Waals surface area (Å²) in [6, 6.07) is 4.04. The van der Waals surface area contributed by atoms with Crippen molar-refractivity contribution in [3.63, 3.8) is 0 Å². The van der Waals surface area contributed by atoms with E-state index in [4.69, 9.17) is 14.2 Å². The number of aromatic hydroxyl groups is 1. The third-order valence-electron chi connectivity index (χ3n) is 6.08. The molecule has 3 aliphatic rings. The quantitative estimate of drug-likeness (QED) is 0.572.